The Hall–Kier alpha value is -2.30. The zero-order valence-corrected chi connectivity index (χ0v) is 8.20. The van der Waals surface area contributed by atoms with Crippen molar-refractivity contribution >= 4 is 16.7 Å². The molecule has 0 fully saturated rings. The molecule has 3 rings (SSSR count). The van der Waals surface area contributed by atoms with Gasteiger partial charge in [0.15, 0.2) is 11.6 Å². The number of hydrogen-bond acceptors (Lipinski definition) is 3. The number of para-hydroxylation sites is 1. The van der Waals surface area contributed by atoms with Crippen LogP contribution in [-0.2, 0) is 0 Å². The Balaban J connectivity index is 2.29. The molecule has 5 heteroatoms. The third-order valence-corrected chi connectivity index (χ3v) is 2.46. The maximum Gasteiger partial charge on any atom is 0.171 e. The van der Waals surface area contributed by atoms with E-state index in [1.54, 1.807) is 18.3 Å². The average molecular weight is 217 g/mol. The number of benzene rings is 1. The van der Waals surface area contributed by atoms with Crippen LogP contribution in [0.1, 0.15) is 0 Å². The zero-order chi connectivity index (χ0) is 11.1. The summed E-state index contributed by atoms with van der Waals surface area (Å²) in [6.45, 7) is 0. The highest BCUT2D eigenvalue weighted by Crippen LogP contribution is 2.30. The molecule has 0 saturated carbocycles. The van der Waals surface area contributed by atoms with Crippen LogP contribution in [0.4, 0.5) is 10.2 Å². The number of nitrogens with zero attached hydrogens (tertiary/aromatic N) is 1. The molecule has 3 aromatic rings. The van der Waals surface area contributed by atoms with Crippen molar-refractivity contribution in [2.75, 3.05) is 5.73 Å². The lowest BCUT2D eigenvalue weighted by Crippen LogP contribution is -1.79. The zero-order valence-electron chi connectivity index (χ0n) is 8.20. The first-order valence-electron chi connectivity index (χ1n) is 4.74. The molecule has 0 bridgehead atoms. The van der Waals surface area contributed by atoms with E-state index in [1.165, 1.54) is 6.07 Å². The Morgan fingerprint density at radius 1 is 1.38 bits per heavy atom. The molecule has 0 amide bonds. The number of anilines is 1. The Morgan fingerprint density at radius 3 is 3.00 bits per heavy atom. The maximum atomic E-state index is 13.4. The first-order chi connectivity index (χ1) is 7.75. The van der Waals surface area contributed by atoms with Crippen molar-refractivity contribution in [2.45, 2.75) is 0 Å². The van der Waals surface area contributed by atoms with Crippen LogP contribution >= 0.6 is 0 Å². The quantitative estimate of drug-likeness (QED) is 0.658. The second-order valence-electron chi connectivity index (χ2n) is 3.48. The van der Waals surface area contributed by atoms with Gasteiger partial charge in [-0.2, -0.15) is 0 Å². The summed E-state index contributed by atoms with van der Waals surface area (Å²) in [5.74, 6) is 0.534. The topological polar surface area (TPSA) is 67.8 Å². The predicted octanol–water partition coefficient (Wildman–Crippen LogP) is 2.54. The Kier molecular flexibility index (Phi) is 1.73. The number of fused-ring (bicyclic) bond motifs is 1. The van der Waals surface area contributed by atoms with E-state index in [-0.39, 0.29) is 5.82 Å². The molecule has 0 aliphatic heterocycles. The molecule has 0 aliphatic carbocycles. The second kappa shape index (κ2) is 3.10. The average Bonchev–Trinajstić information content (AvgIpc) is 2.84. The van der Waals surface area contributed by atoms with E-state index in [4.69, 9.17) is 10.3 Å². The molecule has 0 atom stereocenters. The minimum absolute atomic E-state index is 0.295. The van der Waals surface area contributed by atoms with Gasteiger partial charge in [0, 0.05) is 23.2 Å². The van der Waals surface area contributed by atoms with Crippen LogP contribution in [0.25, 0.3) is 22.2 Å². The van der Waals surface area contributed by atoms with Crippen molar-refractivity contribution < 1.29 is 8.91 Å². The van der Waals surface area contributed by atoms with Crippen molar-refractivity contribution in [3.05, 3.63) is 36.3 Å². The van der Waals surface area contributed by atoms with Crippen molar-refractivity contribution in [1.82, 2.24) is 10.1 Å². The van der Waals surface area contributed by atoms with Gasteiger partial charge < -0.3 is 15.2 Å². The van der Waals surface area contributed by atoms with Gasteiger partial charge in [-0.3, -0.25) is 0 Å². The van der Waals surface area contributed by atoms with Crippen LogP contribution in [0.3, 0.4) is 0 Å². The van der Waals surface area contributed by atoms with Crippen molar-refractivity contribution in [3.63, 3.8) is 0 Å². The highest BCUT2D eigenvalue weighted by atomic mass is 19.1. The number of aromatic nitrogens is 2. The molecule has 1 aromatic carbocycles. The molecule has 0 aliphatic rings. The van der Waals surface area contributed by atoms with Gasteiger partial charge in [-0.15, -0.1) is 0 Å². The number of nitrogens with two attached hydrogens (primary N) is 1. The van der Waals surface area contributed by atoms with Gasteiger partial charge in [0.2, 0.25) is 0 Å². The van der Waals surface area contributed by atoms with E-state index in [0.29, 0.717) is 17.1 Å². The normalized spacial score (nSPS) is 11.1. The summed E-state index contributed by atoms with van der Waals surface area (Å²) in [5, 5.41) is 4.34. The largest absolute Gasteiger partial charge is 0.381 e. The lowest BCUT2D eigenvalue weighted by atomic mass is 10.1. The fourth-order valence-corrected chi connectivity index (χ4v) is 1.74. The van der Waals surface area contributed by atoms with Crippen LogP contribution in [0, 0.1) is 5.82 Å². The molecular weight excluding hydrogens is 209 g/mol. The summed E-state index contributed by atoms with van der Waals surface area (Å²) in [6, 6.07) is 6.46. The lowest BCUT2D eigenvalue weighted by molar-refractivity contribution is 0.436. The van der Waals surface area contributed by atoms with Gasteiger partial charge in [0.05, 0.1) is 5.52 Å². The summed E-state index contributed by atoms with van der Waals surface area (Å²) >= 11 is 0. The second-order valence-corrected chi connectivity index (χ2v) is 3.48. The lowest BCUT2D eigenvalue weighted by Gasteiger charge is -1.93. The van der Waals surface area contributed by atoms with Gasteiger partial charge in [-0.05, 0) is 6.07 Å². The van der Waals surface area contributed by atoms with E-state index >= 15 is 0 Å². The van der Waals surface area contributed by atoms with Gasteiger partial charge in [-0.25, -0.2) is 4.39 Å². The molecular formula is C11H8FN3O. The molecule has 80 valence electrons. The highest BCUT2D eigenvalue weighted by molar-refractivity contribution is 5.94. The smallest absolute Gasteiger partial charge is 0.171 e. The molecule has 16 heavy (non-hydrogen) atoms. The molecule has 4 nitrogen and oxygen atoms in total. The monoisotopic (exact) mass is 217 g/mol. The number of hydrogen-bond donors (Lipinski definition) is 2. The number of nitrogens with one attached hydrogen (secondary N) is 1. The van der Waals surface area contributed by atoms with Gasteiger partial charge in [-0.1, -0.05) is 17.3 Å². The van der Waals surface area contributed by atoms with E-state index in [9.17, 15) is 4.39 Å². The molecule has 2 aromatic heterocycles. The van der Waals surface area contributed by atoms with Gasteiger partial charge in [0.25, 0.3) is 0 Å². The van der Waals surface area contributed by atoms with E-state index in [2.05, 4.69) is 10.1 Å². The Morgan fingerprint density at radius 2 is 2.25 bits per heavy atom. The Labute approximate surface area is 89.9 Å². The Bertz CT molecular complexity index is 656. The van der Waals surface area contributed by atoms with E-state index < -0.39 is 0 Å². The molecule has 2 heterocycles. The molecule has 0 spiro atoms. The third-order valence-electron chi connectivity index (χ3n) is 2.46. The number of H-pyrrole nitrogens is 1. The van der Waals surface area contributed by atoms with Crippen LogP contribution in [0.15, 0.2) is 35.0 Å². The van der Waals surface area contributed by atoms with Crippen molar-refractivity contribution in [1.29, 1.82) is 0 Å². The van der Waals surface area contributed by atoms with Crippen LogP contribution in [0.2, 0.25) is 0 Å². The fourth-order valence-electron chi connectivity index (χ4n) is 1.74. The number of halogens is 1. The van der Waals surface area contributed by atoms with E-state index in [1.807, 2.05) is 6.07 Å². The van der Waals surface area contributed by atoms with Crippen LogP contribution in [-0.4, -0.2) is 10.1 Å². The minimum Gasteiger partial charge on any atom is -0.381 e. The number of rotatable bonds is 1. The van der Waals surface area contributed by atoms with Gasteiger partial charge in [0.1, 0.15) is 5.82 Å². The predicted molar refractivity (Wildman–Crippen MR) is 58.2 cm³/mol. The SMILES string of the molecule is Nc1cc(-c2c[nH]c3c(F)cccc23)on1. The van der Waals surface area contributed by atoms with E-state index in [0.717, 1.165) is 10.9 Å². The minimum atomic E-state index is -0.295. The number of nitrogen functional groups attached to an aromatic ring is 1. The summed E-state index contributed by atoms with van der Waals surface area (Å²) in [4.78, 5) is 2.86. The van der Waals surface area contributed by atoms with Crippen molar-refractivity contribution in [3.8, 4) is 11.3 Å². The van der Waals surface area contributed by atoms with Crippen LogP contribution in [0.5, 0.6) is 0 Å². The van der Waals surface area contributed by atoms with Crippen molar-refractivity contribution in [2.24, 2.45) is 0 Å². The molecule has 0 saturated heterocycles. The van der Waals surface area contributed by atoms with Gasteiger partial charge >= 0.3 is 0 Å². The number of aromatic amines is 1. The standard InChI is InChI=1S/C11H8FN3O/c12-8-3-1-2-6-7(5-14-11(6)8)9-4-10(13)15-16-9/h1-5,14H,(H2,13,15). The third kappa shape index (κ3) is 1.18. The summed E-state index contributed by atoms with van der Waals surface area (Å²) in [6.07, 6.45) is 1.67. The molecule has 3 N–H and O–H groups in total. The fraction of sp³-hybridized carbons (Fsp3) is 0. The van der Waals surface area contributed by atoms with Crippen LogP contribution < -0.4 is 5.73 Å². The molecule has 0 unspecified atom stereocenters. The summed E-state index contributed by atoms with van der Waals surface area (Å²) < 4.78 is 18.5. The highest BCUT2D eigenvalue weighted by Gasteiger charge is 2.12. The first-order valence-corrected chi connectivity index (χ1v) is 4.74. The molecule has 0 radical (unpaired) electrons. The summed E-state index contributed by atoms with van der Waals surface area (Å²) in [5.41, 5.74) is 6.67. The maximum absolute atomic E-state index is 13.4. The summed E-state index contributed by atoms with van der Waals surface area (Å²) in [7, 11) is 0. The first kappa shape index (κ1) is 8.96.